The molecule has 2 aromatic rings. The van der Waals surface area contributed by atoms with E-state index < -0.39 is 18.2 Å². The van der Waals surface area contributed by atoms with Crippen LogP contribution < -0.4 is 5.32 Å². The Morgan fingerprint density at radius 2 is 1.77 bits per heavy atom. The standard InChI is InChI=1S/C17H18N2O3/c20-14-10-13(11-4-2-1-3-5-11)15(16(14)21)19-17(22)12-6-8-18-9-7-12/h1-9,13-16,20-21H,10H2,(H,19,22)/t13-,14-,15-,16-/m1/s1. The van der Waals surface area contributed by atoms with Gasteiger partial charge in [-0.05, 0) is 24.1 Å². The number of amides is 1. The summed E-state index contributed by atoms with van der Waals surface area (Å²) in [7, 11) is 0. The molecule has 114 valence electrons. The van der Waals surface area contributed by atoms with Gasteiger partial charge in [-0.25, -0.2) is 0 Å². The van der Waals surface area contributed by atoms with E-state index in [1.807, 2.05) is 30.3 Å². The first-order valence-corrected chi connectivity index (χ1v) is 7.29. The maximum absolute atomic E-state index is 12.3. The molecule has 1 aromatic heterocycles. The van der Waals surface area contributed by atoms with Crippen molar-refractivity contribution in [1.29, 1.82) is 0 Å². The normalized spacial score (nSPS) is 27.5. The average molecular weight is 298 g/mol. The van der Waals surface area contributed by atoms with E-state index in [1.165, 1.54) is 0 Å². The molecule has 3 rings (SSSR count). The lowest BCUT2D eigenvalue weighted by molar-refractivity contribution is 0.0294. The number of carbonyl (C=O) groups excluding carboxylic acids is 1. The molecule has 5 nitrogen and oxygen atoms in total. The molecule has 0 spiro atoms. The number of benzene rings is 1. The SMILES string of the molecule is O=C(N[C@H]1[C@H](O)[C@H](O)C[C@@H]1c1ccccc1)c1ccncc1. The van der Waals surface area contributed by atoms with Crippen LogP contribution in [0.2, 0.25) is 0 Å². The Hall–Kier alpha value is -2.24. The minimum absolute atomic E-state index is 0.114. The molecule has 1 amide bonds. The number of aliphatic hydroxyl groups excluding tert-OH is 2. The van der Waals surface area contributed by atoms with Crippen LogP contribution in [0.5, 0.6) is 0 Å². The topological polar surface area (TPSA) is 82.5 Å². The van der Waals surface area contributed by atoms with Gasteiger partial charge in [0.15, 0.2) is 0 Å². The van der Waals surface area contributed by atoms with Crippen LogP contribution in [0.25, 0.3) is 0 Å². The molecule has 3 N–H and O–H groups in total. The molecule has 1 heterocycles. The lowest BCUT2D eigenvalue weighted by atomic mass is 9.93. The number of hydrogen-bond donors (Lipinski definition) is 3. The Morgan fingerprint density at radius 3 is 2.45 bits per heavy atom. The van der Waals surface area contributed by atoms with E-state index in [0.29, 0.717) is 12.0 Å². The zero-order valence-corrected chi connectivity index (χ0v) is 12.0. The fourth-order valence-corrected chi connectivity index (χ4v) is 2.99. The van der Waals surface area contributed by atoms with E-state index in [2.05, 4.69) is 10.3 Å². The number of carbonyl (C=O) groups is 1. The molecule has 4 atom stereocenters. The van der Waals surface area contributed by atoms with Crippen LogP contribution in [0.15, 0.2) is 54.9 Å². The van der Waals surface area contributed by atoms with Gasteiger partial charge in [-0.1, -0.05) is 30.3 Å². The summed E-state index contributed by atoms with van der Waals surface area (Å²) < 4.78 is 0. The van der Waals surface area contributed by atoms with E-state index in [-0.39, 0.29) is 11.8 Å². The summed E-state index contributed by atoms with van der Waals surface area (Å²) >= 11 is 0. The Morgan fingerprint density at radius 1 is 1.09 bits per heavy atom. The second kappa shape index (κ2) is 6.25. The zero-order valence-electron chi connectivity index (χ0n) is 12.0. The first-order valence-electron chi connectivity index (χ1n) is 7.29. The highest BCUT2D eigenvalue weighted by atomic mass is 16.3. The fraction of sp³-hybridized carbons (Fsp3) is 0.294. The fourth-order valence-electron chi connectivity index (χ4n) is 2.99. The molecule has 22 heavy (non-hydrogen) atoms. The van der Waals surface area contributed by atoms with Crippen molar-refractivity contribution < 1.29 is 15.0 Å². The summed E-state index contributed by atoms with van der Waals surface area (Å²) in [6.45, 7) is 0. The van der Waals surface area contributed by atoms with E-state index in [0.717, 1.165) is 5.56 Å². The van der Waals surface area contributed by atoms with Crippen molar-refractivity contribution in [3.63, 3.8) is 0 Å². The molecule has 1 aromatic carbocycles. The lowest BCUT2D eigenvalue weighted by Crippen LogP contribution is -2.45. The first-order chi connectivity index (χ1) is 10.7. The Labute approximate surface area is 128 Å². The monoisotopic (exact) mass is 298 g/mol. The van der Waals surface area contributed by atoms with Crippen LogP contribution in [-0.2, 0) is 0 Å². The summed E-state index contributed by atoms with van der Waals surface area (Å²) in [6, 6.07) is 12.3. The number of aliphatic hydroxyl groups is 2. The van der Waals surface area contributed by atoms with Crippen molar-refractivity contribution in [3.05, 3.63) is 66.0 Å². The van der Waals surface area contributed by atoms with Gasteiger partial charge >= 0.3 is 0 Å². The number of pyridine rings is 1. The molecule has 5 heteroatoms. The Kier molecular flexibility index (Phi) is 4.18. The predicted octanol–water partition coefficient (Wildman–Crippen LogP) is 1.09. The van der Waals surface area contributed by atoms with Crippen LogP contribution in [0, 0.1) is 0 Å². The van der Waals surface area contributed by atoms with Crippen LogP contribution in [0.4, 0.5) is 0 Å². The number of nitrogens with zero attached hydrogens (tertiary/aromatic N) is 1. The number of hydrogen-bond acceptors (Lipinski definition) is 4. The zero-order chi connectivity index (χ0) is 15.5. The summed E-state index contributed by atoms with van der Waals surface area (Å²) in [5, 5.41) is 23.0. The highest BCUT2D eigenvalue weighted by Crippen LogP contribution is 2.35. The number of nitrogens with one attached hydrogen (secondary N) is 1. The second-order valence-corrected chi connectivity index (χ2v) is 5.55. The lowest BCUT2D eigenvalue weighted by Gasteiger charge is -2.23. The molecule has 0 unspecified atom stereocenters. The highest BCUT2D eigenvalue weighted by Gasteiger charge is 2.43. The van der Waals surface area contributed by atoms with Crippen LogP contribution in [0.3, 0.4) is 0 Å². The molecule has 0 saturated heterocycles. The Balaban J connectivity index is 1.82. The van der Waals surface area contributed by atoms with E-state index in [1.54, 1.807) is 24.5 Å². The van der Waals surface area contributed by atoms with Gasteiger partial charge in [0.1, 0.15) is 6.10 Å². The summed E-state index contributed by atoms with van der Waals surface area (Å²) in [6.07, 6.45) is 1.70. The van der Waals surface area contributed by atoms with Crippen molar-refractivity contribution in [2.24, 2.45) is 0 Å². The number of rotatable bonds is 3. The van der Waals surface area contributed by atoms with E-state index >= 15 is 0 Å². The van der Waals surface area contributed by atoms with E-state index in [4.69, 9.17) is 0 Å². The smallest absolute Gasteiger partial charge is 0.251 e. The molecule has 0 bridgehead atoms. The minimum Gasteiger partial charge on any atom is -0.390 e. The summed E-state index contributed by atoms with van der Waals surface area (Å²) in [5.41, 5.74) is 1.48. The minimum atomic E-state index is -0.976. The largest absolute Gasteiger partial charge is 0.390 e. The van der Waals surface area contributed by atoms with Crippen LogP contribution in [0.1, 0.15) is 28.3 Å². The third-order valence-corrected chi connectivity index (χ3v) is 4.16. The molecular weight excluding hydrogens is 280 g/mol. The second-order valence-electron chi connectivity index (χ2n) is 5.55. The van der Waals surface area contributed by atoms with Gasteiger partial charge in [0.05, 0.1) is 12.1 Å². The average Bonchev–Trinajstić information content (AvgIpc) is 2.85. The summed E-state index contributed by atoms with van der Waals surface area (Å²) in [4.78, 5) is 16.2. The summed E-state index contributed by atoms with van der Waals surface area (Å²) in [5.74, 6) is -0.390. The van der Waals surface area contributed by atoms with Crippen LogP contribution in [-0.4, -0.2) is 39.4 Å². The van der Waals surface area contributed by atoms with Crippen molar-refractivity contribution in [3.8, 4) is 0 Å². The number of aromatic nitrogens is 1. The van der Waals surface area contributed by atoms with Gasteiger partial charge in [-0.3, -0.25) is 9.78 Å². The molecule has 1 saturated carbocycles. The quantitative estimate of drug-likeness (QED) is 0.792. The van der Waals surface area contributed by atoms with Gasteiger partial charge in [0, 0.05) is 23.9 Å². The molecule has 1 aliphatic rings. The Bertz CT molecular complexity index is 633. The predicted molar refractivity (Wildman–Crippen MR) is 81.3 cm³/mol. The third kappa shape index (κ3) is 2.86. The first kappa shape index (κ1) is 14.7. The van der Waals surface area contributed by atoms with Crippen molar-refractivity contribution in [1.82, 2.24) is 10.3 Å². The van der Waals surface area contributed by atoms with Gasteiger partial charge in [-0.2, -0.15) is 0 Å². The molecule has 1 fully saturated rings. The third-order valence-electron chi connectivity index (χ3n) is 4.16. The van der Waals surface area contributed by atoms with Crippen molar-refractivity contribution in [2.45, 2.75) is 30.6 Å². The maximum Gasteiger partial charge on any atom is 0.251 e. The van der Waals surface area contributed by atoms with Gasteiger partial charge in [0.25, 0.3) is 5.91 Å². The van der Waals surface area contributed by atoms with Gasteiger partial charge in [-0.15, -0.1) is 0 Å². The van der Waals surface area contributed by atoms with Gasteiger partial charge < -0.3 is 15.5 Å². The van der Waals surface area contributed by atoms with Crippen LogP contribution >= 0.6 is 0 Å². The highest BCUT2D eigenvalue weighted by molar-refractivity contribution is 5.94. The van der Waals surface area contributed by atoms with Crippen molar-refractivity contribution >= 4 is 5.91 Å². The maximum atomic E-state index is 12.3. The molecule has 1 aliphatic carbocycles. The molecule has 0 radical (unpaired) electrons. The molecule has 0 aliphatic heterocycles. The van der Waals surface area contributed by atoms with Crippen molar-refractivity contribution in [2.75, 3.05) is 0 Å². The molecular formula is C17H18N2O3. The van der Waals surface area contributed by atoms with Gasteiger partial charge in [0.2, 0.25) is 0 Å². The van der Waals surface area contributed by atoms with E-state index in [9.17, 15) is 15.0 Å².